The Hall–Kier alpha value is -0.920. The van der Waals surface area contributed by atoms with Crippen molar-refractivity contribution in [1.29, 1.82) is 0 Å². The first-order chi connectivity index (χ1) is 8.47. The first-order valence-electron chi connectivity index (χ1n) is 6.22. The van der Waals surface area contributed by atoms with Crippen LogP contribution in [0.4, 0.5) is 0 Å². The molecule has 2 heterocycles. The quantitative estimate of drug-likeness (QED) is 0.822. The molecule has 0 saturated carbocycles. The van der Waals surface area contributed by atoms with Crippen molar-refractivity contribution in [3.8, 4) is 0 Å². The summed E-state index contributed by atoms with van der Waals surface area (Å²) in [6, 6.07) is 0.687. The van der Waals surface area contributed by atoms with Crippen molar-refractivity contribution in [1.82, 2.24) is 19.8 Å². The van der Waals surface area contributed by atoms with E-state index in [1.807, 2.05) is 0 Å². The fourth-order valence-electron chi connectivity index (χ4n) is 2.23. The number of aromatic nitrogens is 2. The summed E-state index contributed by atoms with van der Waals surface area (Å²) in [6.45, 7) is 2.56. The van der Waals surface area contributed by atoms with Gasteiger partial charge in [-0.3, -0.25) is 4.68 Å². The standard InChI is InChI=1S/C11H20N4O2S/c1-9-4-3-5-10(14-9)6-13-18(16,17)11-7-12-15(2)8-11/h7-10,13-14H,3-6H2,1-2H3. The van der Waals surface area contributed by atoms with E-state index in [9.17, 15) is 8.42 Å². The zero-order chi connectivity index (χ0) is 13.2. The van der Waals surface area contributed by atoms with Crippen molar-refractivity contribution in [2.45, 2.75) is 43.2 Å². The average Bonchev–Trinajstić information content (AvgIpc) is 2.74. The Morgan fingerprint density at radius 3 is 2.94 bits per heavy atom. The lowest BCUT2D eigenvalue weighted by Crippen LogP contribution is -2.47. The van der Waals surface area contributed by atoms with Crippen LogP contribution in [0.3, 0.4) is 0 Å². The fraction of sp³-hybridized carbons (Fsp3) is 0.727. The molecule has 2 N–H and O–H groups in total. The molecule has 0 amide bonds. The summed E-state index contributed by atoms with van der Waals surface area (Å²) in [4.78, 5) is 0.217. The van der Waals surface area contributed by atoms with Crippen molar-refractivity contribution in [2.75, 3.05) is 6.54 Å². The average molecular weight is 272 g/mol. The first kappa shape index (κ1) is 13.5. The molecule has 1 aromatic heterocycles. The van der Waals surface area contributed by atoms with Crippen molar-refractivity contribution >= 4 is 10.0 Å². The van der Waals surface area contributed by atoms with E-state index in [2.05, 4.69) is 22.1 Å². The number of nitrogens with one attached hydrogen (secondary N) is 2. The normalized spacial score (nSPS) is 25.2. The summed E-state index contributed by atoms with van der Waals surface area (Å²) in [6.07, 6.45) is 6.18. The number of piperidine rings is 1. The van der Waals surface area contributed by atoms with E-state index in [0.717, 1.165) is 19.3 Å². The number of sulfonamides is 1. The second-order valence-corrected chi connectivity index (χ2v) is 6.66. The Balaban J connectivity index is 1.93. The van der Waals surface area contributed by atoms with Crippen LogP contribution >= 0.6 is 0 Å². The van der Waals surface area contributed by atoms with Gasteiger partial charge in [0.1, 0.15) is 4.90 Å². The summed E-state index contributed by atoms with van der Waals surface area (Å²) in [5.41, 5.74) is 0. The molecule has 1 aromatic rings. The van der Waals surface area contributed by atoms with Gasteiger partial charge in [0.05, 0.1) is 6.20 Å². The molecular formula is C11H20N4O2S. The summed E-state index contributed by atoms with van der Waals surface area (Å²) in [5.74, 6) is 0. The van der Waals surface area contributed by atoms with Crippen molar-refractivity contribution < 1.29 is 8.42 Å². The van der Waals surface area contributed by atoms with Crippen LogP contribution in [0.25, 0.3) is 0 Å². The molecule has 2 unspecified atom stereocenters. The van der Waals surface area contributed by atoms with Gasteiger partial charge in [0, 0.05) is 31.9 Å². The summed E-state index contributed by atoms with van der Waals surface area (Å²) in [5, 5.41) is 7.27. The van der Waals surface area contributed by atoms with E-state index < -0.39 is 10.0 Å². The van der Waals surface area contributed by atoms with E-state index in [1.54, 1.807) is 7.05 Å². The molecule has 7 heteroatoms. The second kappa shape index (κ2) is 5.38. The molecule has 0 bridgehead atoms. The van der Waals surface area contributed by atoms with Gasteiger partial charge in [0.15, 0.2) is 0 Å². The molecule has 1 aliphatic rings. The smallest absolute Gasteiger partial charge is 0.243 e. The third kappa shape index (κ3) is 3.30. The van der Waals surface area contributed by atoms with E-state index in [1.165, 1.54) is 17.1 Å². The number of rotatable bonds is 4. The zero-order valence-corrected chi connectivity index (χ0v) is 11.6. The highest BCUT2D eigenvalue weighted by atomic mass is 32.2. The molecule has 6 nitrogen and oxygen atoms in total. The monoisotopic (exact) mass is 272 g/mol. The Kier molecular flexibility index (Phi) is 4.04. The molecule has 0 aliphatic carbocycles. The van der Waals surface area contributed by atoms with Crippen molar-refractivity contribution in [3.63, 3.8) is 0 Å². The molecule has 1 fully saturated rings. The molecule has 18 heavy (non-hydrogen) atoms. The van der Waals surface area contributed by atoms with Crippen LogP contribution in [0.5, 0.6) is 0 Å². The molecule has 102 valence electrons. The van der Waals surface area contributed by atoms with E-state index in [-0.39, 0.29) is 10.9 Å². The van der Waals surface area contributed by atoms with Crippen LogP contribution in [0.15, 0.2) is 17.3 Å². The van der Waals surface area contributed by atoms with Crippen LogP contribution in [-0.2, 0) is 17.1 Å². The summed E-state index contributed by atoms with van der Waals surface area (Å²) in [7, 11) is -1.73. The lowest BCUT2D eigenvalue weighted by atomic mass is 10.00. The van der Waals surface area contributed by atoms with Gasteiger partial charge in [-0.15, -0.1) is 0 Å². The lowest BCUT2D eigenvalue weighted by Gasteiger charge is -2.28. The largest absolute Gasteiger partial charge is 0.310 e. The van der Waals surface area contributed by atoms with Gasteiger partial charge in [-0.1, -0.05) is 6.42 Å². The molecular weight excluding hydrogens is 252 g/mol. The van der Waals surface area contributed by atoms with Gasteiger partial charge in [0.25, 0.3) is 0 Å². The summed E-state index contributed by atoms with van der Waals surface area (Å²) < 4.78 is 28.1. The maximum Gasteiger partial charge on any atom is 0.243 e. The van der Waals surface area contributed by atoms with Gasteiger partial charge >= 0.3 is 0 Å². The Labute approximate surface area is 108 Å². The van der Waals surface area contributed by atoms with E-state index in [4.69, 9.17) is 0 Å². The number of hydrogen-bond acceptors (Lipinski definition) is 4. The van der Waals surface area contributed by atoms with Crippen LogP contribution in [0.1, 0.15) is 26.2 Å². The van der Waals surface area contributed by atoms with Crippen molar-refractivity contribution in [3.05, 3.63) is 12.4 Å². The Morgan fingerprint density at radius 1 is 1.56 bits per heavy atom. The third-order valence-corrected chi connectivity index (χ3v) is 4.60. The van der Waals surface area contributed by atoms with Crippen molar-refractivity contribution in [2.24, 2.45) is 7.05 Å². The molecule has 2 atom stereocenters. The van der Waals surface area contributed by atoms with Gasteiger partial charge in [-0.2, -0.15) is 5.10 Å². The Morgan fingerprint density at radius 2 is 2.33 bits per heavy atom. The highest BCUT2D eigenvalue weighted by molar-refractivity contribution is 7.89. The van der Waals surface area contributed by atoms with E-state index >= 15 is 0 Å². The lowest BCUT2D eigenvalue weighted by molar-refractivity contribution is 0.334. The SMILES string of the molecule is CC1CCCC(CNS(=O)(=O)c2cnn(C)c2)N1. The van der Waals surface area contributed by atoms with Gasteiger partial charge in [-0.05, 0) is 19.8 Å². The minimum atomic E-state index is -3.43. The van der Waals surface area contributed by atoms with Crippen LogP contribution in [0, 0.1) is 0 Å². The molecule has 2 rings (SSSR count). The second-order valence-electron chi connectivity index (χ2n) is 4.90. The highest BCUT2D eigenvalue weighted by Crippen LogP contribution is 2.12. The first-order valence-corrected chi connectivity index (χ1v) is 7.70. The van der Waals surface area contributed by atoms with Crippen LogP contribution < -0.4 is 10.0 Å². The molecule has 1 aliphatic heterocycles. The van der Waals surface area contributed by atoms with Gasteiger partial charge in [-0.25, -0.2) is 13.1 Å². The number of hydrogen-bond donors (Lipinski definition) is 2. The van der Waals surface area contributed by atoms with Crippen LogP contribution in [-0.4, -0.2) is 36.8 Å². The predicted octanol–water partition coefficient (Wildman–Crippen LogP) is 0.229. The molecule has 1 saturated heterocycles. The highest BCUT2D eigenvalue weighted by Gasteiger charge is 2.21. The maximum atomic E-state index is 12.0. The van der Waals surface area contributed by atoms with Crippen LogP contribution in [0.2, 0.25) is 0 Å². The third-order valence-electron chi connectivity index (χ3n) is 3.22. The maximum absolute atomic E-state index is 12.0. The molecule has 0 radical (unpaired) electrons. The fourth-order valence-corrected chi connectivity index (χ4v) is 3.30. The number of aryl methyl sites for hydroxylation is 1. The Bertz CT molecular complexity index is 497. The van der Waals surface area contributed by atoms with Gasteiger partial charge < -0.3 is 5.32 Å². The van der Waals surface area contributed by atoms with Gasteiger partial charge in [0.2, 0.25) is 10.0 Å². The predicted molar refractivity (Wildman–Crippen MR) is 68.6 cm³/mol. The number of nitrogens with zero attached hydrogens (tertiary/aromatic N) is 2. The minimum Gasteiger partial charge on any atom is -0.310 e. The van der Waals surface area contributed by atoms with E-state index in [0.29, 0.717) is 12.6 Å². The summed E-state index contributed by atoms with van der Waals surface area (Å²) >= 11 is 0. The minimum absolute atomic E-state index is 0.217. The topological polar surface area (TPSA) is 76.0 Å². The molecule has 0 spiro atoms. The molecule has 0 aromatic carbocycles. The zero-order valence-electron chi connectivity index (χ0n) is 10.8.